The predicted octanol–water partition coefficient (Wildman–Crippen LogP) is 3.49. The van der Waals surface area contributed by atoms with Crippen LogP contribution < -0.4 is 20.9 Å². The van der Waals surface area contributed by atoms with E-state index in [4.69, 9.17) is 25.7 Å². The fourth-order valence-electron chi connectivity index (χ4n) is 2.37. The highest BCUT2D eigenvalue weighted by molar-refractivity contribution is 5.65. The van der Waals surface area contributed by atoms with Crippen LogP contribution in [0.25, 0.3) is 0 Å². The molecular weight excluding hydrogens is 308 g/mol. The van der Waals surface area contributed by atoms with Crippen LogP contribution in [0, 0.1) is 0 Å². The van der Waals surface area contributed by atoms with Gasteiger partial charge in [0.25, 0.3) is 0 Å². The maximum absolute atomic E-state index is 10.9. The lowest BCUT2D eigenvalue weighted by Gasteiger charge is -2.24. The van der Waals surface area contributed by atoms with Gasteiger partial charge in [-0.05, 0) is 43.7 Å². The number of nitrogen functional groups attached to an aromatic ring is 1. The topological polar surface area (TPSA) is 96.8 Å². The standard InChI is InChI=1S/C18H22N2O4/c1-18(2,24-17(20)21)11-12-4-6-13(7-5-12)23-14-8-9-15(19)16(10-14)22-3/h4-10H,11,19H2,1-3H3,(H2,20,21). The average Bonchev–Trinajstić information content (AvgIpc) is 2.49. The molecule has 0 unspecified atom stereocenters. The normalized spacial score (nSPS) is 11.0. The Morgan fingerprint density at radius 1 is 1.08 bits per heavy atom. The minimum absolute atomic E-state index is 0.548. The Hall–Kier alpha value is -2.89. The highest BCUT2D eigenvalue weighted by Gasteiger charge is 2.22. The summed E-state index contributed by atoms with van der Waals surface area (Å²) in [5.41, 5.74) is 11.7. The maximum atomic E-state index is 10.9. The van der Waals surface area contributed by atoms with Gasteiger partial charge < -0.3 is 25.7 Å². The number of hydrogen-bond donors (Lipinski definition) is 2. The number of hydrogen-bond acceptors (Lipinski definition) is 5. The molecule has 4 N–H and O–H groups in total. The van der Waals surface area contributed by atoms with Gasteiger partial charge in [0.1, 0.15) is 22.8 Å². The van der Waals surface area contributed by atoms with Crippen LogP contribution in [0.4, 0.5) is 10.5 Å². The molecule has 2 rings (SSSR count). The average molecular weight is 330 g/mol. The molecule has 24 heavy (non-hydrogen) atoms. The van der Waals surface area contributed by atoms with Gasteiger partial charge in [0.15, 0.2) is 0 Å². The van der Waals surface area contributed by atoms with Gasteiger partial charge >= 0.3 is 6.09 Å². The Balaban J connectivity index is 2.05. The second-order valence-electron chi connectivity index (χ2n) is 6.01. The van der Waals surface area contributed by atoms with E-state index in [0.717, 1.165) is 5.56 Å². The third kappa shape index (κ3) is 4.81. The van der Waals surface area contributed by atoms with Crippen LogP contribution >= 0.6 is 0 Å². The molecule has 0 saturated carbocycles. The monoisotopic (exact) mass is 330 g/mol. The molecule has 2 aromatic rings. The Morgan fingerprint density at radius 2 is 1.71 bits per heavy atom. The largest absolute Gasteiger partial charge is 0.494 e. The lowest BCUT2D eigenvalue weighted by molar-refractivity contribution is 0.0460. The smallest absolute Gasteiger partial charge is 0.405 e. The van der Waals surface area contributed by atoms with Crippen molar-refractivity contribution in [2.45, 2.75) is 25.9 Å². The zero-order valence-corrected chi connectivity index (χ0v) is 14.0. The van der Waals surface area contributed by atoms with Gasteiger partial charge in [-0.15, -0.1) is 0 Å². The highest BCUT2D eigenvalue weighted by Crippen LogP contribution is 2.30. The minimum atomic E-state index is -0.780. The fourth-order valence-corrected chi connectivity index (χ4v) is 2.37. The molecule has 6 nitrogen and oxygen atoms in total. The molecule has 1 amide bonds. The van der Waals surface area contributed by atoms with Crippen molar-refractivity contribution < 1.29 is 19.0 Å². The van der Waals surface area contributed by atoms with Crippen LogP contribution in [0.2, 0.25) is 0 Å². The van der Waals surface area contributed by atoms with Crippen LogP contribution in [-0.2, 0) is 11.2 Å². The summed E-state index contributed by atoms with van der Waals surface area (Å²) in [6.45, 7) is 3.62. The highest BCUT2D eigenvalue weighted by atomic mass is 16.6. The molecule has 0 aliphatic carbocycles. The number of carbonyl (C=O) groups excluding carboxylic acids is 1. The number of rotatable bonds is 6. The molecule has 0 aromatic heterocycles. The summed E-state index contributed by atoms with van der Waals surface area (Å²) in [6, 6.07) is 12.7. The molecule has 0 spiro atoms. The van der Waals surface area contributed by atoms with Gasteiger partial charge in [0, 0.05) is 12.5 Å². The zero-order chi connectivity index (χ0) is 17.7. The summed E-state index contributed by atoms with van der Waals surface area (Å²) in [7, 11) is 1.56. The summed E-state index contributed by atoms with van der Waals surface area (Å²) >= 11 is 0. The summed E-state index contributed by atoms with van der Waals surface area (Å²) in [5.74, 6) is 1.87. The van der Waals surface area contributed by atoms with Gasteiger partial charge in [0.05, 0.1) is 12.8 Å². The van der Waals surface area contributed by atoms with Crippen LogP contribution in [0.15, 0.2) is 42.5 Å². The number of primary amides is 1. The molecule has 0 radical (unpaired) electrons. The van der Waals surface area contributed by atoms with E-state index in [0.29, 0.717) is 29.4 Å². The van der Waals surface area contributed by atoms with E-state index in [1.807, 2.05) is 38.1 Å². The third-order valence-corrected chi connectivity index (χ3v) is 3.37. The second kappa shape index (κ2) is 7.12. The van der Waals surface area contributed by atoms with E-state index in [1.165, 1.54) is 0 Å². The van der Waals surface area contributed by atoms with Crippen molar-refractivity contribution in [3.05, 3.63) is 48.0 Å². The number of carbonyl (C=O) groups is 1. The van der Waals surface area contributed by atoms with E-state index >= 15 is 0 Å². The van der Waals surface area contributed by atoms with Gasteiger partial charge in [-0.3, -0.25) is 0 Å². The Labute approximate surface area is 141 Å². The molecule has 0 saturated heterocycles. The number of benzene rings is 2. The van der Waals surface area contributed by atoms with E-state index in [-0.39, 0.29) is 0 Å². The molecule has 128 valence electrons. The first-order valence-electron chi connectivity index (χ1n) is 7.48. The summed E-state index contributed by atoms with van der Waals surface area (Å²) < 4.78 is 16.0. The zero-order valence-electron chi connectivity index (χ0n) is 14.0. The van der Waals surface area contributed by atoms with Crippen molar-refractivity contribution in [3.8, 4) is 17.2 Å². The third-order valence-electron chi connectivity index (χ3n) is 3.37. The Kier molecular flexibility index (Phi) is 5.18. The van der Waals surface area contributed by atoms with Crippen LogP contribution in [0.3, 0.4) is 0 Å². The Morgan fingerprint density at radius 3 is 2.29 bits per heavy atom. The molecule has 0 aliphatic heterocycles. The van der Waals surface area contributed by atoms with E-state index in [9.17, 15) is 4.79 Å². The Bertz CT molecular complexity index is 711. The molecule has 6 heteroatoms. The number of amides is 1. The van der Waals surface area contributed by atoms with Crippen molar-refractivity contribution in [3.63, 3.8) is 0 Å². The molecule has 0 heterocycles. The molecule has 0 atom stereocenters. The van der Waals surface area contributed by atoms with Crippen molar-refractivity contribution in [2.75, 3.05) is 12.8 Å². The molecule has 0 fully saturated rings. The van der Waals surface area contributed by atoms with Crippen LogP contribution in [-0.4, -0.2) is 18.8 Å². The van der Waals surface area contributed by atoms with E-state index in [1.54, 1.807) is 25.3 Å². The summed E-state index contributed by atoms with van der Waals surface area (Å²) in [5, 5.41) is 0. The summed E-state index contributed by atoms with van der Waals surface area (Å²) in [4.78, 5) is 10.9. The van der Waals surface area contributed by atoms with Gasteiger partial charge in [-0.2, -0.15) is 0 Å². The fraction of sp³-hybridized carbons (Fsp3) is 0.278. The molecular formula is C18H22N2O4. The lowest BCUT2D eigenvalue weighted by atomic mass is 9.98. The minimum Gasteiger partial charge on any atom is -0.494 e. The number of ether oxygens (including phenoxy) is 3. The predicted molar refractivity (Wildman–Crippen MR) is 92.4 cm³/mol. The summed E-state index contributed by atoms with van der Waals surface area (Å²) in [6.07, 6.45) is -0.233. The first kappa shape index (κ1) is 17.5. The van der Waals surface area contributed by atoms with Crippen molar-refractivity contribution in [1.29, 1.82) is 0 Å². The van der Waals surface area contributed by atoms with E-state index < -0.39 is 11.7 Å². The lowest BCUT2D eigenvalue weighted by Crippen LogP contribution is -2.33. The van der Waals surface area contributed by atoms with Gasteiger partial charge in [-0.25, -0.2) is 4.79 Å². The molecule has 0 aliphatic rings. The van der Waals surface area contributed by atoms with Crippen molar-refractivity contribution in [2.24, 2.45) is 5.73 Å². The first-order chi connectivity index (χ1) is 11.3. The van der Waals surface area contributed by atoms with Crippen LogP contribution in [0.5, 0.6) is 17.2 Å². The maximum Gasteiger partial charge on any atom is 0.405 e. The quantitative estimate of drug-likeness (QED) is 0.790. The van der Waals surface area contributed by atoms with Crippen molar-refractivity contribution >= 4 is 11.8 Å². The second-order valence-corrected chi connectivity index (χ2v) is 6.01. The molecule has 0 bridgehead atoms. The molecule has 2 aromatic carbocycles. The number of methoxy groups -OCH3 is 1. The van der Waals surface area contributed by atoms with Crippen LogP contribution in [0.1, 0.15) is 19.4 Å². The number of nitrogens with two attached hydrogens (primary N) is 2. The SMILES string of the molecule is COc1cc(Oc2ccc(CC(C)(C)OC(N)=O)cc2)ccc1N. The van der Waals surface area contributed by atoms with Gasteiger partial charge in [0.2, 0.25) is 0 Å². The first-order valence-corrected chi connectivity index (χ1v) is 7.48. The number of anilines is 1. The van der Waals surface area contributed by atoms with Gasteiger partial charge in [-0.1, -0.05) is 12.1 Å². The van der Waals surface area contributed by atoms with E-state index in [2.05, 4.69) is 0 Å². The van der Waals surface area contributed by atoms with Crippen molar-refractivity contribution in [1.82, 2.24) is 0 Å².